The van der Waals surface area contributed by atoms with Crippen molar-refractivity contribution < 1.29 is 14.3 Å². The molecule has 2 aliphatic heterocycles. The van der Waals surface area contributed by atoms with Gasteiger partial charge in [0, 0.05) is 25.7 Å². The van der Waals surface area contributed by atoms with E-state index in [4.69, 9.17) is 4.74 Å². The van der Waals surface area contributed by atoms with Gasteiger partial charge in [-0.3, -0.25) is 14.5 Å². The first-order valence-corrected chi connectivity index (χ1v) is 8.47. The van der Waals surface area contributed by atoms with Crippen LogP contribution >= 0.6 is 0 Å². The molecule has 2 amide bonds. The van der Waals surface area contributed by atoms with Crippen LogP contribution in [0.1, 0.15) is 33.1 Å². The predicted octanol–water partition coefficient (Wildman–Crippen LogP) is 0.223. The SMILES string of the molecule is CC1CN(C(=O)CN2CCC(C(=O)NC3CC3)C2)CC(C)O1. The van der Waals surface area contributed by atoms with Crippen LogP contribution in [0.4, 0.5) is 0 Å². The lowest BCUT2D eigenvalue weighted by atomic mass is 10.1. The van der Waals surface area contributed by atoms with Crippen molar-refractivity contribution in [3.63, 3.8) is 0 Å². The van der Waals surface area contributed by atoms with Crippen LogP contribution in [-0.4, -0.2) is 72.6 Å². The van der Waals surface area contributed by atoms with E-state index in [1.165, 1.54) is 0 Å². The molecule has 0 spiro atoms. The summed E-state index contributed by atoms with van der Waals surface area (Å²) < 4.78 is 5.67. The highest BCUT2D eigenvalue weighted by atomic mass is 16.5. The van der Waals surface area contributed by atoms with Gasteiger partial charge in [-0.05, 0) is 39.7 Å². The maximum Gasteiger partial charge on any atom is 0.236 e. The number of nitrogens with zero attached hydrogens (tertiary/aromatic N) is 2. The van der Waals surface area contributed by atoms with E-state index in [2.05, 4.69) is 10.2 Å². The first-order valence-electron chi connectivity index (χ1n) is 8.47. The maximum absolute atomic E-state index is 12.4. The summed E-state index contributed by atoms with van der Waals surface area (Å²) in [5.74, 6) is 0.382. The summed E-state index contributed by atoms with van der Waals surface area (Å²) in [4.78, 5) is 28.5. The number of carbonyl (C=O) groups excluding carboxylic acids is 2. The zero-order chi connectivity index (χ0) is 15.7. The number of amides is 2. The van der Waals surface area contributed by atoms with Crippen molar-refractivity contribution in [3.05, 3.63) is 0 Å². The Morgan fingerprint density at radius 2 is 1.77 bits per heavy atom. The third-order valence-corrected chi connectivity index (χ3v) is 4.70. The molecule has 3 rings (SSSR count). The zero-order valence-electron chi connectivity index (χ0n) is 13.6. The summed E-state index contributed by atoms with van der Waals surface area (Å²) in [5.41, 5.74) is 0. The van der Waals surface area contributed by atoms with E-state index >= 15 is 0 Å². The van der Waals surface area contributed by atoms with Crippen LogP contribution in [0.2, 0.25) is 0 Å². The van der Waals surface area contributed by atoms with Crippen molar-refractivity contribution in [2.45, 2.75) is 51.4 Å². The molecule has 0 aromatic heterocycles. The van der Waals surface area contributed by atoms with Crippen LogP contribution in [0.15, 0.2) is 0 Å². The minimum atomic E-state index is 0.0518. The lowest BCUT2D eigenvalue weighted by molar-refractivity contribution is -0.144. The van der Waals surface area contributed by atoms with Crippen molar-refractivity contribution in [2.24, 2.45) is 5.92 Å². The fourth-order valence-corrected chi connectivity index (χ4v) is 3.41. The van der Waals surface area contributed by atoms with E-state index in [1.54, 1.807) is 0 Å². The smallest absolute Gasteiger partial charge is 0.236 e. The average Bonchev–Trinajstić information content (AvgIpc) is 3.13. The fraction of sp³-hybridized carbons (Fsp3) is 0.875. The fourth-order valence-electron chi connectivity index (χ4n) is 3.41. The van der Waals surface area contributed by atoms with E-state index < -0.39 is 0 Å². The van der Waals surface area contributed by atoms with Crippen LogP contribution in [0.5, 0.6) is 0 Å². The van der Waals surface area contributed by atoms with Crippen LogP contribution in [-0.2, 0) is 14.3 Å². The molecule has 22 heavy (non-hydrogen) atoms. The molecule has 3 unspecified atom stereocenters. The highest BCUT2D eigenvalue weighted by Crippen LogP contribution is 2.22. The minimum absolute atomic E-state index is 0.0518. The number of hydrogen-bond donors (Lipinski definition) is 1. The van der Waals surface area contributed by atoms with E-state index in [0.29, 0.717) is 32.2 Å². The van der Waals surface area contributed by atoms with E-state index in [-0.39, 0.29) is 29.9 Å². The molecule has 2 saturated heterocycles. The van der Waals surface area contributed by atoms with E-state index in [0.717, 1.165) is 25.8 Å². The highest BCUT2D eigenvalue weighted by molar-refractivity contribution is 5.81. The van der Waals surface area contributed by atoms with Gasteiger partial charge in [0.2, 0.25) is 11.8 Å². The maximum atomic E-state index is 12.4. The second kappa shape index (κ2) is 6.54. The third kappa shape index (κ3) is 3.98. The minimum Gasteiger partial charge on any atom is -0.372 e. The van der Waals surface area contributed by atoms with Gasteiger partial charge in [0.05, 0.1) is 24.7 Å². The topological polar surface area (TPSA) is 61.9 Å². The lowest BCUT2D eigenvalue weighted by Crippen LogP contribution is -2.51. The van der Waals surface area contributed by atoms with Crippen molar-refractivity contribution in [3.8, 4) is 0 Å². The first kappa shape index (κ1) is 15.7. The lowest BCUT2D eigenvalue weighted by Gasteiger charge is -2.36. The highest BCUT2D eigenvalue weighted by Gasteiger charge is 2.34. The molecule has 0 aromatic carbocycles. The standard InChI is InChI=1S/C16H27N3O3/c1-11-7-19(8-12(2)22-11)15(20)10-18-6-5-13(9-18)16(21)17-14-3-4-14/h11-14H,3-10H2,1-2H3,(H,17,21). The summed E-state index contributed by atoms with van der Waals surface area (Å²) in [7, 11) is 0. The molecule has 0 bridgehead atoms. The van der Waals surface area contributed by atoms with Crippen molar-refractivity contribution in [1.82, 2.24) is 15.1 Å². The van der Waals surface area contributed by atoms with Gasteiger partial charge in [-0.15, -0.1) is 0 Å². The van der Waals surface area contributed by atoms with Crippen molar-refractivity contribution in [1.29, 1.82) is 0 Å². The van der Waals surface area contributed by atoms with E-state index in [9.17, 15) is 9.59 Å². The van der Waals surface area contributed by atoms with Gasteiger partial charge in [0.1, 0.15) is 0 Å². The van der Waals surface area contributed by atoms with Crippen LogP contribution in [0.25, 0.3) is 0 Å². The molecule has 1 saturated carbocycles. The molecule has 0 aromatic rings. The Morgan fingerprint density at radius 3 is 2.41 bits per heavy atom. The summed E-state index contributed by atoms with van der Waals surface area (Å²) in [6, 6.07) is 0.416. The van der Waals surface area contributed by atoms with E-state index in [1.807, 2.05) is 18.7 Å². The van der Waals surface area contributed by atoms with Crippen LogP contribution < -0.4 is 5.32 Å². The number of likely N-dealkylation sites (tertiary alicyclic amines) is 1. The molecule has 1 aliphatic carbocycles. The Morgan fingerprint density at radius 1 is 1.09 bits per heavy atom. The number of morpholine rings is 1. The number of rotatable bonds is 4. The molecule has 0 radical (unpaired) electrons. The molecular weight excluding hydrogens is 282 g/mol. The Hall–Kier alpha value is -1.14. The summed E-state index contributed by atoms with van der Waals surface area (Å²) in [6.45, 7) is 7.32. The van der Waals surface area contributed by atoms with Gasteiger partial charge in [-0.1, -0.05) is 0 Å². The second-order valence-corrected chi connectivity index (χ2v) is 7.06. The summed E-state index contributed by atoms with van der Waals surface area (Å²) in [6.07, 6.45) is 3.30. The number of ether oxygens (including phenoxy) is 1. The number of hydrogen-bond acceptors (Lipinski definition) is 4. The van der Waals surface area contributed by atoms with Crippen molar-refractivity contribution >= 4 is 11.8 Å². The quantitative estimate of drug-likeness (QED) is 0.807. The normalized spacial score (nSPS) is 33.0. The van der Waals surface area contributed by atoms with Crippen molar-refractivity contribution in [2.75, 3.05) is 32.7 Å². The first-order chi connectivity index (χ1) is 10.5. The van der Waals surface area contributed by atoms with Gasteiger partial charge < -0.3 is 15.0 Å². The Bertz CT molecular complexity index is 428. The van der Waals surface area contributed by atoms with Gasteiger partial charge in [-0.25, -0.2) is 0 Å². The van der Waals surface area contributed by atoms with Crippen LogP contribution in [0, 0.1) is 5.92 Å². The Kier molecular flexibility index (Phi) is 4.68. The number of carbonyl (C=O) groups is 2. The van der Waals surface area contributed by atoms with Crippen LogP contribution in [0.3, 0.4) is 0 Å². The third-order valence-electron chi connectivity index (χ3n) is 4.70. The molecular formula is C16H27N3O3. The molecule has 6 heteroatoms. The second-order valence-electron chi connectivity index (χ2n) is 7.06. The van der Waals surface area contributed by atoms with Gasteiger partial charge in [0.25, 0.3) is 0 Å². The molecule has 1 N–H and O–H groups in total. The van der Waals surface area contributed by atoms with Gasteiger partial charge >= 0.3 is 0 Å². The monoisotopic (exact) mass is 309 g/mol. The van der Waals surface area contributed by atoms with Gasteiger partial charge in [0.15, 0.2) is 0 Å². The summed E-state index contributed by atoms with van der Waals surface area (Å²) >= 11 is 0. The largest absolute Gasteiger partial charge is 0.372 e. The van der Waals surface area contributed by atoms with Gasteiger partial charge in [-0.2, -0.15) is 0 Å². The predicted molar refractivity (Wildman–Crippen MR) is 82.3 cm³/mol. The molecule has 6 nitrogen and oxygen atoms in total. The average molecular weight is 309 g/mol. The molecule has 3 aliphatic rings. The molecule has 3 atom stereocenters. The summed E-state index contributed by atoms with van der Waals surface area (Å²) in [5, 5.41) is 3.07. The Balaban J connectivity index is 1.45. The molecule has 3 fully saturated rings. The molecule has 2 heterocycles. The Labute approximate surface area is 132 Å². The number of nitrogens with one attached hydrogen (secondary N) is 1. The molecule has 124 valence electrons. The zero-order valence-corrected chi connectivity index (χ0v) is 13.6.